The molecule has 0 saturated carbocycles. The van der Waals surface area contributed by atoms with Crippen molar-refractivity contribution in [2.24, 2.45) is 5.92 Å². The Labute approximate surface area is 103 Å². The lowest BCUT2D eigenvalue weighted by atomic mass is 9.96. The van der Waals surface area contributed by atoms with E-state index >= 15 is 0 Å². The van der Waals surface area contributed by atoms with Crippen LogP contribution in [0.2, 0.25) is 0 Å². The van der Waals surface area contributed by atoms with Crippen LogP contribution in [0, 0.1) is 5.92 Å². The van der Waals surface area contributed by atoms with Crippen molar-refractivity contribution in [3.63, 3.8) is 0 Å². The van der Waals surface area contributed by atoms with E-state index < -0.39 is 0 Å². The summed E-state index contributed by atoms with van der Waals surface area (Å²) in [6.45, 7) is 7.75. The van der Waals surface area contributed by atoms with Gasteiger partial charge in [0.25, 0.3) is 0 Å². The standard InChI is InChI=1S/C13H22N4/c1-11(2)16-9-12-3-7-17(8-4-12)13-10-14-5-6-15-13/h5-6,10-12,16H,3-4,7-9H2,1-2H3. The van der Waals surface area contributed by atoms with Gasteiger partial charge in [0.05, 0.1) is 6.20 Å². The minimum atomic E-state index is 0.591. The van der Waals surface area contributed by atoms with Crippen LogP contribution in [-0.4, -0.2) is 35.6 Å². The molecule has 1 aromatic rings. The molecule has 2 rings (SSSR count). The topological polar surface area (TPSA) is 41.0 Å². The second kappa shape index (κ2) is 5.96. The van der Waals surface area contributed by atoms with Crippen LogP contribution in [0.15, 0.2) is 18.6 Å². The van der Waals surface area contributed by atoms with E-state index in [-0.39, 0.29) is 0 Å². The van der Waals surface area contributed by atoms with E-state index in [1.807, 2.05) is 6.20 Å². The van der Waals surface area contributed by atoms with Crippen molar-refractivity contribution in [1.29, 1.82) is 0 Å². The molecule has 1 saturated heterocycles. The van der Waals surface area contributed by atoms with E-state index in [9.17, 15) is 0 Å². The molecule has 1 fully saturated rings. The summed E-state index contributed by atoms with van der Waals surface area (Å²) in [5.74, 6) is 1.83. The van der Waals surface area contributed by atoms with Gasteiger partial charge < -0.3 is 10.2 Å². The first-order valence-corrected chi connectivity index (χ1v) is 6.50. The minimum Gasteiger partial charge on any atom is -0.355 e. The molecule has 2 heterocycles. The van der Waals surface area contributed by atoms with Gasteiger partial charge in [-0.15, -0.1) is 0 Å². The highest BCUT2D eigenvalue weighted by Gasteiger charge is 2.19. The molecular formula is C13H22N4. The van der Waals surface area contributed by atoms with Crippen molar-refractivity contribution in [2.45, 2.75) is 32.7 Å². The van der Waals surface area contributed by atoms with Crippen LogP contribution in [0.5, 0.6) is 0 Å². The zero-order valence-electron chi connectivity index (χ0n) is 10.8. The SMILES string of the molecule is CC(C)NCC1CCN(c2cnccn2)CC1. The molecule has 0 unspecified atom stereocenters. The number of hydrogen-bond acceptors (Lipinski definition) is 4. The van der Waals surface area contributed by atoms with Gasteiger partial charge in [0.2, 0.25) is 0 Å². The predicted molar refractivity (Wildman–Crippen MR) is 70.1 cm³/mol. The van der Waals surface area contributed by atoms with Gasteiger partial charge in [0.15, 0.2) is 0 Å². The Morgan fingerprint density at radius 2 is 2.12 bits per heavy atom. The third kappa shape index (κ3) is 3.66. The van der Waals surface area contributed by atoms with Gasteiger partial charge in [-0.05, 0) is 25.3 Å². The number of piperidine rings is 1. The van der Waals surface area contributed by atoms with Crippen LogP contribution in [0.4, 0.5) is 5.82 Å². The Bertz CT molecular complexity index is 317. The summed E-state index contributed by atoms with van der Waals surface area (Å²) in [4.78, 5) is 10.8. The summed E-state index contributed by atoms with van der Waals surface area (Å²) >= 11 is 0. The van der Waals surface area contributed by atoms with Crippen LogP contribution in [0.1, 0.15) is 26.7 Å². The quantitative estimate of drug-likeness (QED) is 0.861. The summed E-state index contributed by atoms with van der Waals surface area (Å²) in [7, 11) is 0. The third-order valence-corrected chi connectivity index (χ3v) is 3.30. The molecule has 94 valence electrons. The molecule has 0 aliphatic carbocycles. The van der Waals surface area contributed by atoms with E-state index in [1.165, 1.54) is 12.8 Å². The van der Waals surface area contributed by atoms with Gasteiger partial charge in [-0.2, -0.15) is 0 Å². The lowest BCUT2D eigenvalue weighted by Gasteiger charge is -2.33. The molecule has 0 spiro atoms. The van der Waals surface area contributed by atoms with E-state index in [2.05, 4.69) is 34.0 Å². The van der Waals surface area contributed by atoms with Gasteiger partial charge in [-0.25, -0.2) is 4.98 Å². The summed E-state index contributed by atoms with van der Waals surface area (Å²) < 4.78 is 0. The molecule has 4 heteroatoms. The number of aromatic nitrogens is 2. The number of rotatable bonds is 4. The van der Waals surface area contributed by atoms with Gasteiger partial charge >= 0.3 is 0 Å². The number of anilines is 1. The molecule has 4 nitrogen and oxygen atoms in total. The highest BCUT2D eigenvalue weighted by Crippen LogP contribution is 2.20. The van der Waals surface area contributed by atoms with E-state index in [1.54, 1.807) is 12.4 Å². The summed E-state index contributed by atoms with van der Waals surface area (Å²) in [5.41, 5.74) is 0. The first kappa shape index (κ1) is 12.3. The smallest absolute Gasteiger partial charge is 0.147 e. The average Bonchev–Trinajstić information content (AvgIpc) is 2.38. The van der Waals surface area contributed by atoms with Crippen LogP contribution in [0.25, 0.3) is 0 Å². The molecule has 1 N–H and O–H groups in total. The largest absolute Gasteiger partial charge is 0.355 e. The van der Waals surface area contributed by atoms with Crippen molar-refractivity contribution in [3.8, 4) is 0 Å². The first-order valence-electron chi connectivity index (χ1n) is 6.50. The maximum absolute atomic E-state index is 4.35. The number of nitrogens with zero attached hydrogens (tertiary/aromatic N) is 3. The lowest BCUT2D eigenvalue weighted by Crippen LogP contribution is -2.39. The zero-order chi connectivity index (χ0) is 12.1. The lowest BCUT2D eigenvalue weighted by molar-refractivity contribution is 0.369. The van der Waals surface area contributed by atoms with Crippen LogP contribution in [-0.2, 0) is 0 Å². The van der Waals surface area contributed by atoms with Crippen molar-refractivity contribution in [2.75, 3.05) is 24.5 Å². The molecule has 1 aromatic heterocycles. The number of nitrogens with one attached hydrogen (secondary N) is 1. The third-order valence-electron chi connectivity index (χ3n) is 3.30. The van der Waals surface area contributed by atoms with Crippen LogP contribution < -0.4 is 10.2 Å². The molecular weight excluding hydrogens is 212 g/mol. The molecule has 1 aliphatic heterocycles. The fourth-order valence-electron chi connectivity index (χ4n) is 2.22. The maximum Gasteiger partial charge on any atom is 0.147 e. The molecule has 0 bridgehead atoms. The van der Waals surface area contributed by atoms with Crippen molar-refractivity contribution in [3.05, 3.63) is 18.6 Å². The Morgan fingerprint density at radius 3 is 2.71 bits per heavy atom. The fraction of sp³-hybridized carbons (Fsp3) is 0.692. The van der Waals surface area contributed by atoms with E-state index in [4.69, 9.17) is 0 Å². The van der Waals surface area contributed by atoms with Crippen LogP contribution in [0.3, 0.4) is 0 Å². The summed E-state index contributed by atoms with van der Waals surface area (Å²) in [6.07, 6.45) is 7.84. The molecule has 0 amide bonds. The zero-order valence-corrected chi connectivity index (χ0v) is 10.8. The molecule has 17 heavy (non-hydrogen) atoms. The molecule has 0 atom stereocenters. The first-order chi connectivity index (χ1) is 8.25. The minimum absolute atomic E-state index is 0.591. The van der Waals surface area contributed by atoms with Crippen molar-refractivity contribution in [1.82, 2.24) is 15.3 Å². The second-order valence-electron chi connectivity index (χ2n) is 5.06. The fourth-order valence-corrected chi connectivity index (χ4v) is 2.22. The Balaban J connectivity index is 1.78. The van der Waals surface area contributed by atoms with E-state index in [0.717, 1.165) is 31.4 Å². The van der Waals surface area contributed by atoms with Crippen molar-refractivity contribution < 1.29 is 0 Å². The summed E-state index contributed by atoms with van der Waals surface area (Å²) in [6, 6.07) is 0.591. The highest BCUT2D eigenvalue weighted by molar-refractivity contribution is 5.35. The molecule has 0 aromatic carbocycles. The van der Waals surface area contributed by atoms with Crippen molar-refractivity contribution >= 4 is 5.82 Å². The Kier molecular flexibility index (Phi) is 4.31. The van der Waals surface area contributed by atoms with E-state index in [0.29, 0.717) is 6.04 Å². The normalized spacial score (nSPS) is 17.7. The molecule has 1 aliphatic rings. The summed E-state index contributed by atoms with van der Waals surface area (Å²) in [5, 5.41) is 3.52. The van der Waals surface area contributed by atoms with Gasteiger partial charge in [-0.3, -0.25) is 4.98 Å². The van der Waals surface area contributed by atoms with Gasteiger partial charge in [-0.1, -0.05) is 13.8 Å². The molecule has 0 radical (unpaired) electrons. The average molecular weight is 234 g/mol. The van der Waals surface area contributed by atoms with Crippen LogP contribution >= 0.6 is 0 Å². The number of hydrogen-bond donors (Lipinski definition) is 1. The van der Waals surface area contributed by atoms with Gasteiger partial charge in [0, 0.05) is 31.5 Å². The predicted octanol–water partition coefficient (Wildman–Crippen LogP) is 1.69. The Hall–Kier alpha value is -1.16. The monoisotopic (exact) mass is 234 g/mol. The Morgan fingerprint density at radius 1 is 1.35 bits per heavy atom. The highest BCUT2D eigenvalue weighted by atomic mass is 15.2. The maximum atomic E-state index is 4.35. The van der Waals surface area contributed by atoms with Gasteiger partial charge in [0.1, 0.15) is 5.82 Å². The second-order valence-corrected chi connectivity index (χ2v) is 5.06.